The van der Waals surface area contributed by atoms with Gasteiger partial charge in [0.05, 0.1) is 12.7 Å². The van der Waals surface area contributed by atoms with Gasteiger partial charge in [0.25, 0.3) is 0 Å². The Morgan fingerprint density at radius 2 is 1.40 bits per heavy atom. The molecule has 0 saturated heterocycles. The summed E-state index contributed by atoms with van der Waals surface area (Å²) in [4.78, 5) is 23.7. The third-order valence-corrected chi connectivity index (χ3v) is 15.5. The van der Waals surface area contributed by atoms with Crippen LogP contribution in [0.4, 0.5) is 0 Å². The van der Waals surface area contributed by atoms with Crippen LogP contribution in [-0.2, 0) is 23.2 Å². The Morgan fingerprint density at radius 3 is 1.80 bits per heavy atom. The maximum Gasteiger partial charge on any atom is 0.330 e. The third kappa shape index (κ3) is 9.16. The van der Waals surface area contributed by atoms with E-state index in [0.29, 0.717) is 13.0 Å². The average molecular weight is 459 g/mol. The van der Waals surface area contributed by atoms with Crippen molar-refractivity contribution in [2.45, 2.75) is 110 Å². The Morgan fingerprint density at radius 1 is 0.933 bits per heavy atom. The second kappa shape index (κ2) is 11.2. The fraction of sp³-hybridized carbons (Fsp3) is 0.826. The van der Waals surface area contributed by atoms with E-state index in [1.54, 1.807) is 6.92 Å². The maximum atomic E-state index is 11.9. The van der Waals surface area contributed by atoms with Crippen molar-refractivity contribution in [1.29, 1.82) is 0 Å². The fourth-order valence-electron chi connectivity index (χ4n) is 2.39. The molecule has 0 amide bonds. The number of hydrogen-bond donors (Lipinski definition) is 0. The fourth-order valence-corrected chi connectivity index (χ4v) is 5.07. The molecule has 0 aliphatic rings. The summed E-state index contributed by atoms with van der Waals surface area (Å²) in [5, 5.41) is 0.0479. The van der Waals surface area contributed by atoms with Crippen LogP contribution in [0.25, 0.3) is 0 Å². The van der Waals surface area contributed by atoms with Crippen LogP contribution in [-0.4, -0.2) is 47.7 Å². The first kappa shape index (κ1) is 29.2. The Hall–Kier alpha value is -0.766. The van der Waals surface area contributed by atoms with Crippen LogP contribution < -0.4 is 0 Å². The molecule has 7 heteroatoms. The quantitative estimate of drug-likeness (QED) is 0.162. The number of esters is 1. The molecule has 0 heterocycles. The summed E-state index contributed by atoms with van der Waals surface area (Å²) >= 11 is 0. The largest absolute Gasteiger partial charge is 0.463 e. The lowest BCUT2D eigenvalue weighted by molar-refractivity contribution is -0.137. The van der Waals surface area contributed by atoms with Gasteiger partial charge in [-0.3, -0.25) is 0 Å². The molecular weight excluding hydrogens is 412 g/mol. The normalized spacial score (nSPS) is 16.9. The van der Waals surface area contributed by atoms with Gasteiger partial charge in [-0.15, -0.1) is 0 Å². The number of ether oxygens (including phenoxy) is 1. The van der Waals surface area contributed by atoms with Gasteiger partial charge in [-0.1, -0.05) is 54.5 Å². The molecule has 0 aromatic heterocycles. The molecule has 3 atom stereocenters. The van der Waals surface area contributed by atoms with Crippen LogP contribution in [0.2, 0.25) is 36.3 Å². The zero-order valence-electron chi connectivity index (χ0n) is 21.4. The summed E-state index contributed by atoms with van der Waals surface area (Å²) in [6.07, 6.45) is 3.90. The number of aldehydes is 1. The van der Waals surface area contributed by atoms with E-state index in [4.69, 9.17) is 13.6 Å². The average Bonchev–Trinajstić information content (AvgIpc) is 2.56. The van der Waals surface area contributed by atoms with E-state index < -0.39 is 22.7 Å². The van der Waals surface area contributed by atoms with Crippen molar-refractivity contribution in [2.24, 2.45) is 5.92 Å². The standard InChI is InChI=1S/C23H46O5Si2/c1-13-26-21(25)15-14-18(2)20(28-30(11,12)23(6,7)8)16-19(17-24)27-29(9,10)22(3,4)5/h14-15,17-20H,13,16H2,1-12H3/t18-,19+,20+/m1/s1. The summed E-state index contributed by atoms with van der Waals surface area (Å²) in [7, 11) is -4.19. The Kier molecular flexibility index (Phi) is 10.9. The minimum absolute atomic E-state index is 0.0134. The van der Waals surface area contributed by atoms with Gasteiger partial charge in [-0.25, -0.2) is 4.79 Å². The van der Waals surface area contributed by atoms with Gasteiger partial charge in [0.15, 0.2) is 16.6 Å². The van der Waals surface area contributed by atoms with Crippen LogP contribution in [0, 0.1) is 5.92 Å². The highest BCUT2D eigenvalue weighted by Crippen LogP contribution is 2.40. The molecule has 0 radical (unpaired) electrons. The zero-order valence-corrected chi connectivity index (χ0v) is 23.4. The van der Waals surface area contributed by atoms with Gasteiger partial charge >= 0.3 is 5.97 Å². The predicted octanol–water partition coefficient (Wildman–Crippen LogP) is 6.11. The lowest BCUT2D eigenvalue weighted by Crippen LogP contribution is -2.48. The van der Waals surface area contributed by atoms with E-state index in [9.17, 15) is 9.59 Å². The Bertz CT molecular complexity index is 585. The molecule has 176 valence electrons. The third-order valence-electron chi connectivity index (χ3n) is 6.53. The number of carbonyl (C=O) groups is 2. The molecule has 0 spiro atoms. The van der Waals surface area contributed by atoms with E-state index in [1.807, 2.05) is 13.0 Å². The van der Waals surface area contributed by atoms with E-state index in [1.165, 1.54) is 6.08 Å². The predicted molar refractivity (Wildman–Crippen MR) is 130 cm³/mol. The van der Waals surface area contributed by atoms with Gasteiger partial charge in [0.1, 0.15) is 12.4 Å². The Labute approximate surface area is 187 Å². The van der Waals surface area contributed by atoms with Gasteiger partial charge < -0.3 is 18.4 Å². The Balaban J connectivity index is 5.70. The van der Waals surface area contributed by atoms with Crippen LogP contribution in [0.1, 0.15) is 61.8 Å². The first-order valence-corrected chi connectivity index (χ1v) is 16.9. The summed E-state index contributed by atoms with van der Waals surface area (Å²) in [6.45, 7) is 25.9. The lowest BCUT2D eigenvalue weighted by Gasteiger charge is -2.42. The van der Waals surface area contributed by atoms with Crippen LogP contribution >= 0.6 is 0 Å². The SMILES string of the molecule is CCOC(=O)C=C[C@@H](C)[C@H](C[C@@H](C=O)O[Si](C)(C)C(C)(C)C)O[Si](C)(C)C(C)(C)C. The van der Waals surface area contributed by atoms with Gasteiger partial charge in [0, 0.05) is 12.5 Å². The van der Waals surface area contributed by atoms with Gasteiger partial charge in [-0.05, 0) is 49.1 Å². The molecule has 0 rings (SSSR count). The van der Waals surface area contributed by atoms with Crippen LogP contribution in [0.5, 0.6) is 0 Å². The van der Waals surface area contributed by atoms with E-state index >= 15 is 0 Å². The molecule has 0 bridgehead atoms. The van der Waals surface area contributed by atoms with E-state index in [0.717, 1.165) is 6.29 Å². The molecular formula is C23H46O5Si2. The second-order valence-corrected chi connectivity index (χ2v) is 20.7. The molecule has 0 fully saturated rings. The molecule has 0 aliphatic heterocycles. The van der Waals surface area contributed by atoms with E-state index in [-0.39, 0.29) is 28.1 Å². The first-order valence-electron chi connectivity index (χ1n) is 11.0. The molecule has 0 aromatic carbocycles. The number of carbonyl (C=O) groups excluding carboxylic acids is 2. The first-order chi connectivity index (χ1) is 13.4. The topological polar surface area (TPSA) is 61.8 Å². The molecule has 30 heavy (non-hydrogen) atoms. The summed E-state index contributed by atoms with van der Waals surface area (Å²) < 4.78 is 18.1. The summed E-state index contributed by atoms with van der Waals surface area (Å²) in [5.74, 6) is -0.422. The minimum atomic E-state index is -2.10. The molecule has 0 aliphatic carbocycles. The molecule has 5 nitrogen and oxygen atoms in total. The zero-order chi connectivity index (χ0) is 24.0. The highest BCUT2D eigenvalue weighted by Gasteiger charge is 2.42. The van der Waals surface area contributed by atoms with Crippen molar-refractivity contribution in [3.05, 3.63) is 12.2 Å². The number of rotatable bonds is 11. The van der Waals surface area contributed by atoms with Crippen molar-refractivity contribution in [3.63, 3.8) is 0 Å². The molecule has 0 saturated carbocycles. The molecule has 0 N–H and O–H groups in total. The second-order valence-electron chi connectivity index (χ2n) is 11.2. The molecule has 0 unspecified atom stereocenters. The summed E-state index contributed by atoms with van der Waals surface area (Å²) in [5.41, 5.74) is 0. The highest BCUT2D eigenvalue weighted by molar-refractivity contribution is 6.74. The highest BCUT2D eigenvalue weighted by atomic mass is 28.4. The van der Waals surface area contributed by atoms with Gasteiger partial charge in [-0.2, -0.15) is 0 Å². The monoisotopic (exact) mass is 458 g/mol. The van der Waals surface area contributed by atoms with Crippen LogP contribution in [0.15, 0.2) is 12.2 Å². The van der Waals surface area contributed by atoms with Crippen molar-refractivity contribution in [3.8, 4) is 0 Å². The smallest absolute Gasteiger partial charge is 0.330 e. The van der Waals surface area contributed by atoms with Crippen molar-refractivity contribution >= 4 is 28.9 Å². The maximum absolute atomic E-state index is 11.9. The van der Waals surface area contributed by atoms with Crippen LogP contribution in [0.3, 0.4) is 0 Å². The van der Waals surface area contributed by atoms with Gasteiger partial charge in [0.2, 0.25) is 0 Å². The summed E-state index contributed by atoms with van der Waals surface area (Å²) in [6, 6.07) is 0. The van der Waals surface area contributed by atoms with E-state index in [2.05, 4.69) is 67.7 Å². The lowest BCUT2D eigenvalue weighted by atomic mass is 9.99. The molecule has 0 aromatic rings. The number of hydrogen-bond acceptors (Lipinski definition) is 5. The van der Waals surface area contributed by atoms with Crippen molar-refractivity contribution in [2.75, 3.05) is 6.61 Å². The van der Waals surface area contributed by atoms with Crippen molar-refractivity contribution in [1.82, 2.24) is 0 Å². The van der Waals surface area contributed by atoms with Crippen molar-refractivity contribution < 1.29 is 23.2 Å². The minimum Gasteiger partial charge on any atom is -0.463 e.